The molecule has 1 aromatic heterocycles. The van der Waals surface area contributed by atoms with Gasteiger partial charge in [0, 0.05) is 18.3 Å². The van der Waals surface area contributed by atoms with Crippen molar-refractivity contribution in [3.63, 3.8) is 0 Å². The average molecular weight is 234 g/mol. The van der Waals surface area contributed by atoms with E-state index >= 15 is 0 Å². The second-order valence-electron chi connectivity index (χ2n) is 3.78. The number of hydrogen-bond acceptors (Lipinski definition) is 4. The standard InChI is InChI=1S/C11H10N2O4/c12-6(11(16)17)3-5-4-13-7-1-2-8(14)10(15)9(5)7/h1-2,4,6,13H,3,12H2,(H,16,17)/t6-/m0/s1. The Labute approximate surface area is 96.1 Å². The summed E-state index contributed by atoms with van der Waals surface area (Å²) in [7, 11) is 0. The van der Waals surface area contributed by atoms with E-state index in [2.05, 4.69) is 4.98 Å². The van der Waals surface area contributed by atoms with Crippen molar-refractivity contribution in [2.45, 2.75) is 12.5 Å². The first-order chi connectivity index (χ1) is 8.00. The fourth-order valence-electron chi connectivity index (χ4n) is 1.72. The van der Waals surface area contributed by atoms with Crippen molar-refractivity contribution in [1.82, 2.24) is 4.98 Å². The Morgan fingerprint density at radius 1 is 1.41 bits per heavy atom. The number of rotatable bonds is 3. The maximum absolute atomic E-state index is 11.6. The van der Waals surface area contributed by atoms with Crippen LogP contribution in [0.2, 0.25) is 0 Å². The highest BCUT2D eigenvalue weighted by molar-refractivity contribution is 6.50. The number of Topliss-reactive ketones (excluding diaryl/α,β-unsaturated/α-hetero) is 1. The van der Waals surface area contributed by atoms with Crippen molar-refractivity contribution in [2.24, 2.45) is 5.73 Å². The molecule has 0 fully saturated rings. The first-order valence-corrected chi connectivity index (χ1v) is 4.96. The third kappa shape index (κ3) is 1.90. The molecule has 1 aliphatic rings. The normalized spacial score (nSPS) is 15.8. The van der Waals surface area contributed by atoms with Crippen LogP contribution in [-0.2, 0) is 16.0 Å². The average Bonchev–Trinajstić information content (AvgIpc) is 2.67. The summed E-state index contributed by atoms with van der Waals surface area (Å²) in [6.45, 7) is 0. The third-order valence-electron chi connectivity index (χ3n) is 2.60. The van der Waals surface area contributed by atoms with Gasteiger partial charge < -0.3 is 15.8 Å². The molecule has 6 nitrogen and oxygen atoms in total. The topological polar surface area (TPSA) is 113 Å². The zero-order chi connectivity index (χ0) is 12.6. The number of fused-ring (bicyclic) bond motifs is 1. The minimum atomic E-state index is -1.15. The molecule has 6 heteroatoms. The molecule has 0 bridgehead atoms. The van der Waals surface area contributed by atoms with Gasteiger partial charge in [-0.05, 0) is 17.7 Å². The van der Waals surface area contributed by atoms with Crippen LogP contribution in [0, 0.1) is 0 Å². The van der Waals surface area contributed by atoms with Crippen molar-refractivity contribution < 1.29 is 19.5 Å². The molecule has 0 unspecified atom stereocenters. The molecule has 1 heterocycles. The van der Waals surface area contributed by atoms with Crippen LogP contribution >= 0.6 is 0 Å². The first-order valence-electron chi connectivity index (χ1n) is 4.96. The smallest absolute Gasteiger partial charge is 0.320 e. The summed E-state index contributed by atoms with van der Waals surface area (Å²) in [5.41, 5.74) is 6.60. The summed E-state index contributed by atoms with van der Waals surface area (Å²) in [5.74, 6) is -2.39. The molecule has 1 aromatic rings. The zero-order valence-electron chi connectivity index (χ0n) is 8.77. The number of nitrogens with one attached hydrogen (secondary N) is 1. The van der Waals surface area contributed by atoms with Crippen LogP contribution in [0.3, 0.4) is 0 Å². The van der Waals surface area contributed by atoms with Gasteiger partial charge in [0.2, 0.25) is 11.6 Å². The lowest BCUT2D eigenvalue weighted by molar-refractivity contribution is -0.138. The van der Waals surface area contributed by atoms with E-state index in [0.717, 1.165) is 0 Å². The molecule has 1 aliphatic carbocycles. The Bertz CT molecular complexity index is 542. The number of nitrogens with two attached hydrogens (primary N) is 1. The molecule has 17 heavy (non-hydrogen) atoms. The van der Waals surface area contributed by atoms with E-state index in [1.54, 1.807) is 0 Å². The number of H-pyrrole nitrogens is 1. The quantitative estimate of drug-likeness (QED) is 0.624. The summed E-state index contributed by atoms with van der Waals surface area (Å²) >= 11 is 0. The molecule has 4 N–H and O–H groups in total. The lowest BCUT2D eigenvalue weighted by Gasteiger charge is -2.08. The minimum absolute atomic E-state index is 0.00796. The van der Waals surface area contributed by atoms with Crippen LogP contribution in [0.5, 0.6) is 0 Å². The number of aliphatic carboxylic acids is 1. The fourth-order valence-corrected chi connectivity index (χ4v) is 1.72. The summed E-state index contributed by atoms with van der Waals surface area (Å²) in [6, 6.07) is -1.09. The Kier molecular flexibility index (Phi) is 2.64. The van der Waals surface area contributed by atoms with Crippen molar-refractivity contribution >= 4 is 23.6 Å². The van der Waals surface area contributed by atoms with Gasteiger partial charge in [0.05, 0.1) is 5.56 Å². The Morgan fingerprint density at radius 3 is 2.76 bits per heavy atom. The lowest BCUT2D eigenvalue weighted by Crippen LogP contribution is -2.33. The molecular formula is C11H10N2O4. The summed E-state index contributed by atoms with van der Waals surface area (Å²) in [4.78, 5) is 36.3. The van der Waals surface area contributed by atoms with Crippen molar-refractivity contribution in [2.75, 3.05) is 0 Å². The maximum Gasteiger partial charge on any atom is 0.320 e. The highest BCUT2D eigenvalue weighted by atomic mass is 16.4. The van der Waals surface area contributed by atoms with Gasteiger partial charge in [0.25, 0.3) is 0 Å². The summed E-state index contributed by atoms with van der Waals surface area (Å²) in [5, 5.41) is 8.70. The van der Waals surface area contributed by atoms with Crippen molar-refractivity contribution in [3.8, 4) is 0 Å². The zero-order valence-corrected chi connectivity index (χ0v) is 8.77. The monoisotopic (exact) mass is 234 g/mol. The summed E-state index contributed by atoms with van der Waals surface area (Å²) in [6.07, 6.45) is 4.19. The number of carbonyl (C=O) groups excluding carboxylic acids is 2. The number of ketones is 2. The van der Waals surface area contributed by atoms with Crippen LogP contribution in [0.15, 0.2) is 12.3 Å². The van der Waals surface area contributed by atoms with Crippen LogP contribution < -0.4 is 5.73 Å². The molecular weight excluding hydrogens is 224 g/mol. The van der Waals surface area contributed by atoms with E-state index in [1.165, 1.54) is 18.3 Å². The highest BCUT2D eigenvalue weighted by Crippen LogP contribution is 2.21. The lowest BCUT2D eigenvalue weighted by atomic mass is 9.95. The summed E-state index contributed by atoms with van der Waals surface area (Å²) < 4.78 is 0. The number of hydrogen-bond donors (Lipinski definition) is 3. The Morgan fingerprint density at radius 2 is 2.12 bits per heavy atom. The van der Waals surface area contributed by atoms with Gasteiger partial charge >= 0.3 is 5.97 Å². The van der Waals surface area contributed by atoms with Crippen LogP contribution in [-0.4, -0.2) is 33.7 Å². The Hall–Kier alpha value is -2.21. The molecule has 0 aliphatic heterocycles. The van der Waals surface area contributed by atoms with Gasteiger partial charge in [-0.15, -0.1) is 0 Å². The predicted molar refractivity (Wildman–Crippen MR) is 58.5 cm³/mol. The highest BCUT2D eigenvalue weighted by Gasteiger charge is 2.27. The van der Waals surface area contributed by atoms with E-state index in [-0.39, 0.29) is 12.0 Å². The molecule has 1 atom stereocenters. The van der Waals surface area contributed by atoms with E-state index in [9.17, 15) is 14.4 Å². The van der Waals surface area contributed by atoms with Gasteiger partial charge in [-0.2, -0.15) is 0 Å². The number of aromatic amines is 1. The minimum Gasteiger partial charge on any atom is -0.480 e. The third-order valence-corrected chi connectivity index (χ3v) is 2.60. The molecule has 0 aromatic carbocycles. The number of carboxylic acids is 1. The SMILES string of the molecule is N[C@@H](Cc1c[nH]c2c1C(=O)C(=O)C=C2)C(=O)O. The number of carboxylic acid groups (broad SMARTS) is 1. The van der Waals surface area contributed by atoms with Crippen molar-refractivity contribution in [1.29, 1.82) is 0 Å². The molecule has 0 saturated carbocycles. The van der Waals surface area contributed by atoms with Crippen molar-refractivity contribution in [3.05, 3.63) is 29.1 Å². The molecule has 0 amide bonds. The van der Waals surface area contributed by atoms with E-state index < -0.39 is 23.6 Å². The maximum atomic E-state index is 11.6. The van der Waals surface area contributed by atoms with E-state index in [1.807, 2.05) is 0 Å². The van der Waals surface area contributed by atoms with Crippen LogP contribution in [0.25, 0.3) is 6.08 Å². The predicted octanol–water partition coefficient (Wildman–Crippen LogP) is -0.252. The fraction of sp³-hybridized carbons (Fsp3) is 0.182. The Balaban J connectivity index is 2.36. The van der Waals surface area contributed by atoms with Crippen LogP contribution in [0.1, 0.15) is 21.6 Å². The van der Waals surface area contributed by atoms with Gasteiger partial charge in [-0.25, -0.2) is 0 Å². The van der Waals surface area contributed by atoms with Gasteiger partial charge in [-0.1, -0.05) is 0 Å². The number of allylic oxidation sites excluding steroid dienone is 1. The largest absolute Gasteiger partial charge is 0.480 e. The first kappa shape index (κ1) is 11.3. The van der Waals surface area contributed by atoms with Gasteiger partial charge in [-0.3, -0.25) is 14.4 Å². The number of aromatic nitrogens is 1. The van der Waals surface area contributed by atoms with Gasteiger partial charge in [0.1, 0.15) is 6.04 Å². The van der Waals surface area contributed by atoms with E-state index in [0.29, 0.717) is 11.3 Å². The van der Waals surface area contributed by atoms with E-state index in [4.69, 9.17) is 10.8 Å². The molecule has 0 saturated heterocycles. The number of carbonyl (C=O) groups is 3. The second kappa shape index (κ2) is 3.99. The molecule has 2 rings (SSSR count). The van der Waals surface area contributed by atoms with Crippen LogP contribution in [0.4, 0.5) is 0 Å². The second-order valence-corrected chi connectivity index (χ2v) is 3.78. The molecule has 0 radical (unpaired) electrons. The van der Waals surface area contributed by atoms with Gasteiger partial charge in [0.15, 0.2) is 0 Å². The molecule has 88 valence electrons. The molecule has 0 spiro atoms.